The van der Waals surface area contributed by atoms with Crippen LogP contribution < -0.4 is 5.32 Å². The number of alkyl carbamates (subject to hydrolysis) is 1. The smallest absolute Gasteiger partial charge is 0.407 e. The van der Waals surface area contributed by atoms with Crippen LogP contribution in [0.3, 0.4) is 0 Å². The van der Waals surface area contributed by atoms with Crippen LogP contribution in [0.4, 0.5) is 4.79 Å². The fourth-order valence-electron chi connectivity index (χ4n) is 3.74. The molecule has 4 heteroatoms. The third-order valence-electron chi connectivity index (χ3n) is 5.04. The van der Waals surface area contributed by atoms with Gasteiger partial charge in [0.1, 0.15) is 6.61 Å². The summed E-state index contributed by atoms with van der Waals surface area (Å²) >= 11 is 1.78. The molecule has 3 aromatic rings. The van der Waals surface area contributed by atoms with Crippen LogP contribution >= 0.6 is 11.8 Å². The zero-order chi connectivity index (χ0) is 20.8. The monoisotopic (exact) mass is 413 g/mol. The van der Waals surface area contributed by atoms with Crippen LogP contribution in [0.2, 0.25) is 0 Å². The Kier molecular flexibility index (Phi) is 6.41. The predicted octanol–water partition coefficient (Wildman–Crippen LogP) is 5.69. The molecule has 0 saturated heterocycles. The molecule has 0 spiro atoms. The van der Waals surface area contributed by atoms with Crippen LogP contribution in [0.25, 0.3) is 11.1 Å². The zero-order valence-corrected chi connectivity index (χ0v) is 17.7. The summed E-state index contributed by atoms with van der Waals surface area (Å²) in [6.45, 7) is 2.69. The van der Waals surface area contributed by atoms with Crippen LogP contribution in [0, 0.1) is 11.8 Å². The first-order valence-corrected chi connectivity index (χ1v) is 11.1. The fraction of sp³-hybridized carbons (Fsp3) is 0.192. The lowest BCUT2D eigenvalue weighted by Crippen LogP contribution is -2.26. The van der Waals surface area contributed by atoms with E-state index in [1.165, 1.54) is 27.1 Å². The Labute approximate surface area is 181 Å². The number of amides is 1. The van der Waals surface area contributed by atoms with Gasteiger partial charge >= 0.3 is 6.09 Å². The van der Waals surface area contributed by atoms with Crippen molar-refractivity contribution < 1.29 is 9.53 Å². The molecule has 0 bridgehead atoms. The molecule has 0 atom stereocenters. The molecule has 0 fully saturated rings. The first kappa shape index (κ1) is 20.1. The summed E-state index contributed by atoms with van der Waals surface area (Å²) in [7, 11) is 0. The van der Waals surface area contributed by atoms with E-state index in [0.717, 1.165) is 11.3 Å². The highest BCUT2D eigenvalue weighted by Crippen LogP contribution is 2.44. The highest BCUT2D eigenvalue weighted by Gasteiger charge is 2.28. The zero-order valence-electron chi connectivity index (χ0n) is 16.9. The van der Waals surface area contributed by atoms with E-state index >= 15 is 0 Å². The molecule has 30 heavy (non-hydrogen) atoms. The standard InChI is InChI=1S/C26H23NO2S/c1-2-30-20-11-7-9-19(17-20)10-8-16-27-26(28)29-18-25-23-14-5-3-12-21(23)22-13-4-6-15-24(22)25/h3-7,9,11-15,17,25H,2,16,18H2,1H3,(H,27,28). The second-order valence-electron chi connectivity index (χ2n) is 6.94. The van der Waals surface area contributed by atoms with Crippen molar-refractivity contribution >= 4 is 17.9 Å². The minimum Gasteiger partial charge on any atom is -0.449 e. The molecule has 1 aliphatic rings. The molecule has 1 aliphatic carbocycles. The molecule has 1 amide bonds. The van der Waals surface area contributed by atoms with E-state index in [0.29, 0.717) is 6.61 Å². The van der Waals surface area contributed by atoms with Crippen LogP contribution in [0.5, 0.6) is 0 Å². The maximum absolute atomic E-state index is 12.2. The number of thioether (sulfide) groups is 1. The van der Waals surface area contributed by atoms with Gasteiger partial charge in [-0.3, -0.25) is 0 Å². The van der Waals surface area contributed by atoms with Crippen LogP contribution in [0.1, 0.15) is 29.5 Å². The van der Waals surface area contributed by atoms with Crippen LogP contribution in [-0.4, -0.2) is 25.0 Å². The molecule has 0 aliphatic heterocycles. The number of ether oxygens (including phenoxy) is 1. The molecule has 3 aromatic carbocycles. The summed E-state index contributed by atoms with van der Waals surface area (Å²) < 4.78 is 5.52. The summed E-state index contributed by atoms with van der Waals surface area (Å²) in [4.78, 5) is 13.4. The van der Waals surface area contributed by atoms with E-state index in [9.17, 15) is 4.79 Å². The molecule has 0 saturated carbocycles. The quantitative estimate of drug-likeness (QED) is 0.431. The van der Waals surface area contributed by atoms with Gasteiger partial charge in [-0.2, -0.15) is 0 Å². The van der Waals surface area contributed by atoms with E-state index in [1.54, 1.807) is 11.8 Å². The highest BCUT2D eigenvalue weighted by atomic mass is 32.2. The number of carbonyl (C=O) groups excluding carboxylic acids is 1. The summed E-state index contributed by atoms with van der Waals surface area (Å²) in [6, 6.07) is 24.7. The number of hydrogen-bond donors (Lipinski definition) is 1. The van der Waals surface area contributed by atoms with Crippen molar-refractivity contribution in [3.63, 3.8) is 0 Å². The van der Waals surface area contributed by atoms with Gasteiger partial charge in [0, 0.05) is 16.4 Å². The molecule has 0 unspecified atom stereocenters. The minimum atomic E-state index is -0.443. The summed E-state index contributed by atoms with van der Waals surface area (Å²) in [6.07, 6.45) is -0.443. The summed E-state index contributed by atoms with van der Waals surface area (Å²) in [5.41, 5.74) is 5.79. The van der Waals surface area contributed by atoms with Crippen molar-refractivity contribution in [2.75, 3.05) is 18.9 Å². The number of carbonyl (C=O) groups is 1. The maximum Gasteiger partial charge on any atom is 0.407 e. The van der Waals surface area contributed by atoms with Crippen molar-refractivity contribution in [1.82, 2.24) is 5.32 Å². The second kappa shape index (κ2) is 9.56. The Hall–Kier alpha value is -3.16. The average Bonchev–Trinajstić information content (AvgIpc) is 3.10. The van der Waals surface area contributed by atoms with Gasteiger partial charge < -0.3 is 10.1 Å². The van der Waals surface area contributed by atoms with Gasteiger partial charge in [-0.05, 0) is 46.2 Å². The molecule has 0 heterocycles. The molecule has 0 radical (unpaired) electrons. The molecule has 0 aromatic heterocycles. The Balaban J connectivity index is 1.33. The number of benzene rings is 3. The second-order valence-corrected chi connectivity index (χ2v) is 8.28. The number of rotatable bonds is 5. The van der Waals surface area contributed by atoms with Crippen molar-refractivity contribution in [2.24, 2.45) is 0 Å². The molecular weight excluding hydrogens is 390 g/mol. The van der Waals surface area contributed by atoms with Gasteiger partial charge in [0.05, 0.1) is 6.54 Å². The maximum atomic E-state index is 12.2. The lowest BCUT2D eigenvalue weighted by atomic mass is 9.98. The Morgan fingerprint density at radius 3 is 2.40 bits per heavy atom. The Bertz CT molecular complexity index is 1070. The van der Waals surface area contributed by atoms with Gasteiger partial charge in [0.25, 0.3) is 0 Å². The molecule has 150 valence electrons. The van der Waals surface area contributed by atoms with Gasteiger partial charge in [-0.25, -0.2) is 4.79 Å². The van der Waals surface area contributed by atoms with Gasteiger partial charge in [-0.15, -0.1) is 11.8 Å². The summed E-state index contributed by atoms with van der Waals surface area (Å²) in [5, 5.41) is 2.72. The third kappa shape index (κ3) is 4.53. The van der Waals surface area contributed by atoms with Crippen molar-refractivity contribution in [1.29, 1.82) is 0 Å². The van der Waals surface area contributed by atoms with Gasteiger partial charge in [0.2, 0.25) is 0 Å². The number of fused-ring (bicyclic) bond motifs is 3. The van der Waals surface area contributed by atoms with E-state index in [-0.39, 0.29) is 12.5 Å². The van der Waals surface area contributed by atoms with Crippen molar-refractivity contribution in [3.05, 3.63) is 89.5 Å². The largest absolute Gasteiger partial charge is 0.449 e. The van der Waals surface area contributed by atoms with Gasteiger partial charge in [-0.1, -0.05) is 73.4 Å². The molecule has 3 nitrogen and oxygen atoms in total. The minimum absolute atomic E-state index is 0.0630. The van der Waals surface area contributed by atoms with Crippen molar-refractivity contribution in [3.8, 4) is 23.0 Å². The number of hydrogen-bond acceptors (Lipinski definition) is 3. The van der Waals surface area contributed by atoms with Gasteiger partial charge in [0.15, 0.2) is 0 Å². The third-order valence-corrected chi connectivity index (χ3v) is 5.92. The first-order valence-electron chi connectivity index (χ1n) is 10.1. The Morgan fingerprint density at radius 2 is 1.70 bits per heavy atom. The normalized spacial score (nSPS) is 11.8. The fourth-order valence-corrected chi connectivity index (χ4v) is 4.46. The van der Waals surface area contributed by atoms with E-state index in [1.807, 2.05) is 36.4 Å². The summed E-state index contributed by atoms with van der Waals surface area (Å²) in [5.74, 6) is 7.17. The molecular formula is C26H23NO2S. The Morgan fingerprint density at radius 1 is 1.00 bits per heavy atom. The lowest BCUT2D eigenvalue weighted by molar-refractivity contribution is 0.144. The van der Waals surface area contributed by atoms with Crippen LogP contribution in [0.15, 0.2) is 77.7 Å². The topological polar surface area (TPSA) is 38.3 Å². The number of nitrogens with one attached hydrogen (secondary N) is 1. The lowest BCUT2D eigenvalue weighted by Gasteiger charge is -2.14. The molecule has 4 rings (SSSR count). The van der Waals surface area contributed by atoms with Crippen LogP contribution in [-0.2, 0) is 4.74 Å². The van der Waals surface area contributed by atoms with Crippen molar-refractivity contribution in [2.45, 2.75) is 17.7 Å². The first-order chi connectivity index (χ1) is 14.8. The SMILES string of the molecule is CCSc1cccc(C#CCNC(=O)OCC2c3ccccc3-c3ccccc32)c1. The average molecular weight is 414 g/mol. The molecule has 1 N–H and O–H groups in total. The highest BCUT2D eigenvalue weighted by molar-refractivity contribution is 7.99. The van der Waals surface area contributed by atoms with E-state index in [2.05, 4.69) is 60.5 Å². The predicted molar refractivity (Wildman–Crippen MR) is 123 cm³/mol. The van der Waals surface area contributed by atoms with E-state index in [4.69, 9.17) is 4.74 Å². The van der Waals surface area contributed by atoms with E-state index < -0.39 is 6.09 Å².